The van der Waals surface area contributed by atoms with Gasteiger partial charge in [-0.2, -0.15) is 0 Å². The molecule has 0 saturated heterocycles. The van der Waals surface area contributed by atoms with Crippen molar-refractivity contribution < 1.29 is 23.8 Å². The molecule has 358 valence electrons. The van der Waals surface area contributed by atoms with Gasteiger partial charge in [0.2, 0.25) is 0 Å². The predicted molar refractivity (Wildman–Crippen MR) is 261 cm³/mol. The average molecular weight is 849 g/mol. The molecule has 0 rings (SSSR count). The highest BCUT2D eigenvalue weighted by Crippen LogP contribution is 2.17. The van der Waals surface area contributed by atoms with E-state index in [9.17, 15) is 9.59 Å². The molecule has 0 aliphatic rings. The van der Waals surface area contributed by atoms with E-state index in [2.05, 4.69) is 20.8 Å². The van der Waals surface area contributed by atoms with E-state index in [1.165, 1.54) is 250 Å². The van der Waals surface area contributed by atoms with Crippen molar-refractivity contribution >= 4 is 11.9 Å². The van der Waals surface area contributed by atoms with Crippen molar-refractivity contribution in [2.24, 2.45) is 0 Å². The van der Waals surface area contributed by atoms with Crippen molar-refractivity contribution in [3.05, 3.63) is 0 Å². The van der Waals surface area contributed by atoms with E-state index in [-0.39, 0.29) is 18.5 Å². The number of esters is 2. The lowest BCUT2D eigenvalue weighted by Gasteiger charge is -2.18. The van der Waals surface area contributed by atoms with Gasteiger partial charge in [0.05, 0.1) is 6.61 Å². The molecule has 0 aromatic heterocycles. The van der Waals surface area contributed by atoms with E-state index in [1.807, 2.05) is 0 Å². The summed E-state index contributed by atoms with van der Waals surface area (Å²) in [5.74, 6) is -0.369. The molecule has 0 radical (unpaired) electrons. The van der Waals surface area contributed by atoms with E-state index < -0.39 is 6.10 Å². The van der Waals surface area contributed by atoms with Crippen molar-refractivity contribution in [1.29, 1.82) is 0 Å². The zero-order chi connectivity index (χ0) is 43.5. The third-order valence-electron chi connectivity index (χ3n) is 12.6. The lowest BCUT2D eigenvalue weighted by atomic mass is 10.0. The first-order valence-corrected chi connectivity index (χ1v) is 27.6. The van der Waals surface area contributed by atoms with E-state index in [0.717, 1.165) is 32.1 Å². The highest BCUT2D eigenvalue weighted by Gasteiger charge is 2.17. The van der Waals surface area contributed by atoms with Gasteiger partial charge in [0, 0.05) is 19.4 Å². The molecule has 0 fully saturated rings. The Bertz CT molecular complexity index is 830. The normalized spacial score (nSPS) is 12.0. The lowest BCUT2D eigenvalue weighted by molar-refractivity contribution is -0.163. The maximum atomic E-state index is 12.8. The topological polar surface area (TPSA) is 61.8 Å². The molecule has 0 unspecified atom stereocenters. The number of carbonyl (C=O) groups is 2. The van der Waals surface area contributed by atoms with Crippen LogP contribution in [-0.2, 0) is 23.8 Å². The summed E-state index contributed by atoms with van der Waals surface area (Å²) in [5.41, 5.74) is 0. The Hall–Kier alpha value is -1.10. The number of carbonyl (C=O) groups excluding carboxylic acids is 2. The fourth-order valence-corrected chi connectivity index (χ4v) is 8.51. The fourth-order valence-electron chi connectivity index (χ4n) is 8.51. The smallest absolute Gasteiger partial charge is 0.306 e. The van der Waals surface area contributed by atoms with Gasteiger partial charge in [-0.3, -0.25) is 9.59 Å². The SMILES string of the molecule is CCCCCCCCCCCCCCCCCCCC(=O)O[C@H](COCCCCCCCCCCCCCCCCCC)COC(=O)CCCCCCCCCCCCC. The van der Waals surface area contributed by atoms with Crippen molar-refractivity contribution in [2.45, 2.75) is 322 Å². The summed E-state index contributed by atoms with van der Waals surface area (Å²) >= 11 is 0. The summed E-state index contributed by atoms with van der Waals surface area (Å²) in [6.45, 7) is 7.91. The van der Waals surface area contributed by atoms with Crippen LogP contribution < -0.4 is 0 Å². The Morgan fingerprint density at radius 3 is 0.850 bits per heavy atom. The molecular weight excluding hydrogens is 741 g/mol. The number of rotatable bonds is 52. The van der Waals surface area contributed by atoms with Crippen molar-refractivity contribution in [1.82, 2.24) is 0 Å². The number of ether oxygens (including phenoxy) is 3. The average Bonchev–Trinajstić information content (AvgIpc) is 3.25. The molecule has 0 heterocycles. The molecule has 0 aromatic rings. The molecule has 0 N–H and O–H groups in total. The molecule has 60 heavy (non-hydrogen) atoms. The van der Waals surface area contributed by atoms with Gasteiger partial charge >= 0.3 is 11.9 Å². The van der Waals surface area contributed by atoms with Gasteiger partial charge in [0.1, 0.15) is 6.61 Å². The van der Waals surface area contributed by atoms with Gasteiger partial charge in [-0.05, 0) is 19.3 Å². The first-order chi connectivity index (χ1) is 29.6. The van der Waals surface area contributed by atoms with E-state index in [0.29, 0.717) is 26.1 Å². The number of unbranched alkanes of at least 4 members (excludes halogenated alkanes) is 41. The van der Waals surface area contributed by atoms with Crippen LogP contribution in [0, 0.1) is 0 Å². The van der Waals surface area contributed by atoms with Crippen LogP contribution in [0.1, 0.15) is 316 Å². The third kappa shape index (κ3) is 49.6. The van der Waals surface area contributed by atoms with Crippen LogP contribution in [0.3, 0.4) is 0 Å². The van der Waals surface area contributed by atoms with Crippen LogP contribution in [0.25, 0.3) is 0 Å². The Balaban J connectivity index is 4.16. The zero-order valence-electron chi connectivity index (χ0n) is 41.3. The molecule has 0 aromatic carbocycles. The standard InChI is InChI=1S/C55H108O5/c1-4-7-10-13-16-19-22-24-26-28-29-31-34-37-40-43-46-49-55(57)60-53(52-59-54(56)48-45-42-39-36-33-21-18-15-12-9-6-3)51-58-50-47-44-41-38-35-32-30-27-25-23-20-17-14-11-8-5-2/h53H,4-52H2,1-3H3/t53-/m1/s1. The molecule has 5 nitrogen and oxygen atoms in total. The van der Waals surface area contributed by atoms with Crippen LogP contribution in [0.2, 0.25) is 0 Å². The van der Waals surface area contributed by atoms with Crippen LogP contribution in [0.4, 0.5) is 0 Å². The van der Waals surface area contributed by atoms with Gasteiger partial charge in [-0.15, -0.1) is 0 Å². The lowest BCUT2D eigenvalue weighted by Crippen LogP contribution is -2.30. The second-order valence-corrected chi connectivity index (χ2v) is 18.9. The molecule has 1 atom stereocenters. The largest absolute Gasteiger partial charge is 0.462 e. The molecular formula is C55H108O5. The van der Waals surface area contributed by atoms with E-state index in [4.69, 9.17) is 14.2 Å². The molecule has 0 amide bonds. The second kappa shape index (κ2) is 52.2. The van der Waals surface area contributed by atoms with Crippen LogP contribution in [0.15, 0.2) is 0 Å². The van der Waals surface area contributed by atoms with Gasteiger partial charge in [-0.1, -0.05) is 284 Å². The first kappa shape index (κ1) is 58.9. The minimum Gasteiger partial charge on any atom is -0.462 e. The monoisotopic (exact) mass is 849 g/mol. The van der Waals surface area contributed by atoms with Crippen LogP contribution in [0.5, 0.6) is 0 Å². The highest BCUT2D eigenvalue weighted by atomic mass is 16.6. The molecule has 0 bridgehead atoms. The molecule has 5 heteroatoms. The van der Waals surface area contributed by atoms with E-state index >= 15 is 0 Å². The van der Waals surface area contributed by atoms with Gasteiger partial charge < -0.3 is 14.2 Å². The minimum atomic E-state index is -0.523. The van der Waals surface area contributed by atoms with Gasteiger partial charge in [0.25, 0.3) is 0 Å². The molecule has 0 spiro atoms. The Morgan fingerprint density at radius 1 is 0.300 bits per heavy atom. The summed E-state index contributed by atoms with van der Waals surface area (Å²) in [5, 5.41) is 0. The summed E-state index contributed by atoms with van der Waals surface area (Å²) in [6.07, 6.45) is 58.3. The summed E-state index contributed by atoms with van der Waals surface area (Å²) < 4.78 is 17.5. The Labute approximate surface area is 376 Å². The second-order valence-electron chi connectivity index (χ2n) is 18.9. The molecule has 0 aliphatic carbocycles. The van der Waals surface area contributed by atoms with Crippen molar-refractivity contribution in [3.8, 4) is 0 Å². The van der Waals surface area contributed by atoms with Gasteiger partial charge in [-0.25, -0.2) is 0 Å². The minimum absolute atomic E-state index is 0.0978. The van der Waals surface area contributed by atoms with Crippen LogP contribution in [-0.4, -0.2) is 37.9 Å². The molecule has 0 saturated carbocycles. The van der Waals surface area contributed by atoms with Crippen LogP contribution >= 0.6 is 0 Å². The maximum Gasteiger partial charge on any atom is 0.306 e. The number of hydrogen-bond donors (Lipinski definition) is 0. The predicted octanol–water partition coefficient (Wildman–Crippen LogP) is 18.5. The van der Waals surface area contributed by atoms with Crippen molar-refractivity contribution in [2.75, 3.05) is 19.8 Å². The Kier molecular flexibility index (Phi) is 51.3. The fraction of sp³-hybridized carbons (Fsp3) is 0.964. The molecule has 0 aliphatic heterocycles. The number of hydrogen-bond acceptors (Lipinski definition) is 5. The summed E-state index contributed by atoms with van der Waals surface area (Å²) in [4.78, 5) is 25.4. The quantitative estimate of drug-likeness (QED) is 0.0451. The zero-order valence-corrected chi connectivity index (χ0v) is 41.3. The summed E-state index contributed by atoms with van der Waals surface area (Å²) in [7, 11) is 0. The Morgan fingerprint density at radius 2 is 0.550 bits per heavy atom. The van der Waals surface area contributed by atoms with Crippen molar-refractivity contribution in [3.63, 3.8) is 0 Å². The first-order valence-electron chi connectivity index (χ1n) is 27.6. The third-order valence-corrected chi connectivity index (χ3v) is 12.6. The highest BCUT2D eigenvalue weighted by molar-refractivity contribution is 5.70. The maximum absolute atomic E-state index is 12.8. The summed E-state index contributed by atoms with van der Waals surface area (Å²) in [6, 6.07) is 0. The van der Waals surface area contributed by atoms with E-state index in [1.54, 1.807) is 0 Å². The van der Waals surface area contributed by atoms with Gasteiger partial charge in [0.15, 0.2) is 6.10 Å².